The molecule has 2 aliphatic rings. The van der Waals surface area contributed by atoms with Crippen molar-refractivity contribution in [2.45, 2.75) is 91.8 Å². The number of carbonyl (C=O) groups excluding carboxylic acids is 4. The van der Waals surface area contributed by atoms with E-state index in [0.717, 1.165) is 58.9 Å². The van der Waals surface area contributed by atoms with Gasteiger partial charge in [0.15, 0.2) is 12.0 Å². The molecule has 0 aliphatic carbocycles. The van der Waals surface area contributed by atoms with Crippen LogP contribution in [0.3, 0.4) is 0 Å². The maximum atomic E-state index is 15.4. The third-order valence-corrected chi connectivity index (χ3v) is 14.5. The second-order valence-electron chi connectivity index (χ2n) is 18.2. The number of nitrogens with one attached hydrogen (secondary N) is 3. The number of aliphatic hydroxyl groups is 1. The van der Waals surface area contributed by atoms with Crippen LogP contribution in [0.1, 0.15) is 77.7 Å². The number of aliphatic hydroxyl groups excluding tert-OH is 1. The minimum Gasteiger partial charge on any atom is -0.388 e. The van der Waals surface area contributed by atoms with Gasteiger partial charge in [0.05, 0.1) is 67.8 Å². The Morgan fingerprint density at radius 2 is 1.57 bits per heavy atom. The summed E-state index contributed by atoms with van der Waals surface area (Å²) in [5, 5.41) is 29.2. The van der Waals surface area contributed by atoms with Gasteiger partial charge in [-0.05, 0) is 61.9 Å². The van der Waals surface area contributed by atoms with Crippen LogP contribution in [0.4, 0.5) is 4.39 Å². The van der Waals surface area contributed by atoms with Crippen LogP contribution in [-0.4, -0.2) is 136 Å². The molecule has 7 rings (SSSR count). The Bertz CT molecular complexity index is 2680. The fraction of sp³-hybridized carbons (Fsp3) is 0.469. The van der Waals surface area contributed by atoms with Crippen LogP contribution < -0.4 is 16.0 Å². The van der Waals surface area contributed by atoms with Crippen LogP contribution in [0, 0.1) is 33.1 Å². The first kappa shape index (κ1) is 52.3. The quantitative estimate of drug-likeness (QED) is 0.0711. The molecular formula is C49H59ClFN9O8S2. The number of likely N-dealkylation sites (tertiary alicyclic amines) is 1. The molecule has 5 heterocycles. The summed E-state index contributed by atoms with van der Waals surface area (Å²) in [4.78, 5) is 66.3. The molecule has 70 heavy (non-hydrogen) atoms. The van der Waals surface area contributed by atoms with Gasteiger partial charge in [-0.3, -0.25) is 28.7 Å². The topological polar surface area (TPSA) is 211 Å². The highest BCUT2D eigenvalue weighted by molar-refractivity contribution is 7.15. The zero-order valence-electron chi connectivity index (χ0n) is 40.2. The maximum absolute atomic E-state index is 15.4. The van der Waals surface area contributed by atoms with Crippen molar-refractivity contribution in [1.82, 2.24) is 40.6 Å². The Kier molecular flexibility index (Phi) is 17.3. The number of aryl methyl sites for hydroxylation is 3. The summed E-state index contributed by atoms with van der Waals surface area (Å²) in [5.41, 5.74) is 7.32. The Labute approximate surface area is 419 Å². The first-order chi connectivity index (χ1) is 33.4. The fourth-order valence-electron chi connectivity index (χ4n) is 8.22. The second-order valence-corrected chi connectivity index (χ2v) is 20.7. The molecule has 4 amide bonds. The van der Waals surface area contributed by atoms with E-state index in [9.17, 15) is 24.3 Å². The summed E-state index contributed by atoms with van der Waals surface area (Å²) in [7, 11) is 0. The summed E-state index contributed by atoms with van der Waals surface area (Å²) >= 11 is 9.39. The number of thiophene rings is 1. The molecule has 4 N–H and O–H groups in total. The first-order valence-electron chi connectivity index (χ1n) is 23.0. The van der Waals surface area contributed by atoms with Gasteiger partial charge >= 0.3 is 0 Å². The Hall–Kier alpha value is -5.48. The number of nitrogens with zero attached hydrogens (tertiary/aromatic N) is 6. The summed E-state index contributed by atoms with van der Waals surface area (Å²) < 4.78 is 34.1. The van der Waals surface area contributed by atoms with Gasteiger partial charge in [-0.1, -0.05) is 68.8 Å². The molecule has 0 spiro atoms. The van der Waals surface area contributed by atoms with Gasteiger partial charge in [-0.15, -0.1) is 32.9 Å². The van der Waals surface area contributed by atoms with Crippen molar-refractivity contribution in [3.8, 4) is 15.4 Å². The van der Waals surface area contributed by atoms with Crippen molar-refractivity contribution in [3.63, 3.8) is 0 Å². The molecule has 17 nitrogen and oxygen atoms in total. The lowest BCUT2D eigenvalue weighted by Gasteiger charge is -2.35. The van der Waals surface area contributed by atoms with E-state index in [-0.39, 0.29) is 65.1 Å². The van der Waals surface area contributed by atoms with Crippen LogP contribution in [0.25, 0.3) is 15.4 Å². The van der Waals surface area contributed by atoms with Crippen molar-refractivity contribution in [1.29, 1.82) is 0 Å². The number of benzene rings is 2. The molecule has 5 atom stereocenters. The van der Waals surface area contributed by atoms with E-state index in [1.165, 1.54) is 11.3 Å². The molecule has 0 saturated carbocycles. The van der Waals surface area contributed by atoms with Crippen molar-refractivity contribution >= 4 is 63.6 Å². The third kappa shape index (κ3) is 12.3. The van der Waals surface area contributed by atoms with Gasteiger partial charge in [0.25, 0.3) is 0 Å². The Balaban J connectivity index is 0.806. The number of aliphatic imine (C=N–C) groups is 1. The molecule has 21 heteroatoms. The number of carbonyl (C=O) groups is 4. The van der Waals surface area contributed by atoms with E-state index in [1.807, 2.05) is 66.9 Å². The highest BCUT2D eigenvalue weighted by Crippen LogP contribution is 2.40. The molecule has 1 fully saturated rings. The van der Waals surface area contributed by atoms with Crippen LogP contribution in [-0.2, 0) is 39.9 Å². The van der Waals surface area contributed by atoms with Crippen molar-refractivity contribution in [3.05, 3.63) is 104 Å². The number of rotatable bonds is 20. The molecule has 5 aromatic rings. The molecule has 0 radical (unpaired) electrons. The maximum Gasteiger partial charge on any atom is 0.246 e. The van der Waals surface area contributed by atoms with Gasteiger partial charge in [-0.25, -0.2) is 9.37 Å². The molecule has 0 bridgehead atoms. The van der Waals surface area contributed by atoms with Crippen LogP contribution >= 0.6 is 34.3 Å². The molecule has 2 aromatic carbocycles. The largest absolute Gasteiger partial charge is 0.388 e. The number of alkyl halides is 1. The second kappa shape index (κ2) is 23.2. The summed E-state index contributed by atoms with van der Waals surface area (Å²) in [6.45, 7) is 13.6. The van der Waals surface area contributed by atoms with Gasteiger partial charge in [0, 0.05) is 34.1 Å². The smallest absolute Gasteiger partial charge is 0.246 e. The zero-order valence-corrected chi connectivity index (χ0v) is 42.6. The Morgan fingerprint density at radius 3 is 2.24 bits per heavy atom. The van der Waals surface area contributed by atoms with Gasteiger partial charge < -0.3 is 40.2 Å². The summed E-state index contributed by atoms with van der Waals surface area (Å²) in [5.74, 6) is -0.984. The number of hydrogen-bond donors (Lipinski definition) is 4. The predicted octanol–water partition coefficient (Wildman–Crippen LogP) is 5.54. The average molecular weight is 1020 g/mol. The lowest BCUT2D eigenvalue weighted by molar-refractivity contribution is -0.145. The first-order valence-corrected chi connectivity index (χ1v) is 25.1. The number of β-amino-alcohol motifs (C(OH)–C–C–N with tert-alkyl or cyclic N) is 1. The number of ether oxygens (including phenoxy) is 3. The van der Waals surface area contributed by atoms with E-state index in [0.29, 0.717) is 16.7 Å². The van der Waals surface area contributed by atoms with E-state index in [1.54, 1.807) is 37.6 Å². The highest BCUT2D eigenvalue weighted by Gasteiger charge is 2.50. The van der Waals surface area contributed by atoms with Crippen molar-refractivity contribution < 1.29 is 42.9 Å². The summed E-state index contributed by atoms with van der Waals surface area (Å²) in [6.07, 6.45) is -3.56. The van der Waals surface area contributed by atoms with Crippen molar-refractivity contribution in [2.24, 2.45) is 10.4 Å². The SMILES string of the molecule is Cc1ncsc1-c1ccc(CNC(=O)[C@@H]2[C@H](F)[C@@H](O)CN2C(=O)[C@@H](NC(=O)COCCOCCOCCNC(=O)C[C@@H]2N=C(c3ccc(Cl)cc3)c3c(sc(C)c3C)-n3c(C)nnc32)C(C)(C)C)cc1. The summed E-state index contributed by atoms with van der Waals surface area (Å²) in [6, 6.07) is 11.7. The predicted molar refractivity (Wildman–Crippen MR) is 265 cm³/mol. The zero-order chi connectivity index (χ0) is 50.3. The molecule has 0 unspecified atom stereocenters. The average Bonchev–Trinajstić information content (AvgIpc) is 4.06. The number of hydrogen-bond acceptors (Lipinski definition) is 14. The molecule has 2 aliphatic heterocycles. The van der Waals surface area contributed by atoms with Gasteiger partial charge in [0.1, 0.15) is 41.7 Å². The van der Waals surface area contributed by atoms with Crippen molar-refractivity contribution in [2.75, 3.05) is 52.7 Å². The standard InChI is InChI=1S/C49H59ClFN9O8S2/c1-27-29(3)70-48-39(27)41(32-12-14-34(50)15-13-32)55-35(45-58-57-30(4)60(45)48)22-37(62)52-16-17-66-18-19-67-20-21-68-25-38(63)56-44(49(5,6)7)47(65)59-24-36(61)40(51)42(59)46(64)53-23-31-8-10-33(11-9-31)43-28(2)54-26-69-43/h8-15,26,35-36,40,42,44,61H,16-25H2,1-7H3,(H,52,62)(H,53,64)(H,56,63)/t35-,36-,40+,42-,44+/m0/s1. The highest BCUT2D eigenvalue weighted by atomic mass is 35.5. The minimum atomic E-state index is -2.03. The fourth-order valence-corrected chi connectivity index (χ4v) is 10.4. The molecule has 3 aromatic heterocycles. The minimum absolute atomic E-state index is 0.0457. The van der Waals surface area contributed by atoms with Gasteiger partial charge in [0.2, 0.25) is 23.6 Å². The van der Waals surface area contributed by atoms with Crippen LogP contribution in [0.2, 0.25) is 5.02 Å². The lowest BCUT2D eigenvalue weighted by atomic mass is 9.85. The molecular weight excluding hydrogens is 961 g/mol. The number of aromatic nitrogens is 4. The third-order valence-electron chi connectivity index (χ3n) is 12.1. The lowest BCUT2D eigenvalue weighted by Crippen LogP contribution is -2.59. The van der Waals surface area contributed by atoms with E-state index in [2.05, 4.69) is 45.0 Å². The normalized spacial score (nSPS) is 18.1. The number of halogens is 2. The van der Waals surface area contributed by atoms with E-state index >= 15 is 4.39 Å². The van der Waals surface area contributed by atoms with E-state index in [4.69, 9.17) is 30.8 Å². The number of thiazole rings is 1. The van der Waals surface area contributed by atoms with Gasteiger partial charge in [-0.2, -0.15) is 0 Å². The Morgan fingerprint density at radius 1 is 0.900 bits per heavy atom. The molecule has 1 saturated heterocycles. The van der Waals surface area contributed by atoms with Crippen LogP contribution in [0.5, 0.6) is 0 Å². The number of amides is 4. The van der Waals surface area contributed by atoms with Crippen LogP contribution in [0.15, 0.2) is 59.0 Å². The monoisotopic (exact) mass is 1020 g/mol. The number of fused-ring (bicyclic) bond motifs is 3. The molecule has 374 valence electrons. The van der Waals surface area contributed by atoms with E-state index < -0.39 is 60.1 Å².